The number of halogens is 1. The van der Waals surface area contributed by atoms with Gasteiger partial charge >= 0.3 is 0 Å². The Balaban J connectivity index is 2.02. The fourth-order valence-electron chi connectivity index (χ4n) is 1.90. The number of nitrogens with zero attached hydrogens (tertiary/aromatic N) is 6. The van der Waals surface area contributed by atoms with Crippen LogP contribution >= 0.6 is 11.6 Å². The fourth-order valence-corrected chi connectivity index (χ4v) is 2.07. The van der Waals surface area contributed by atoms with Gasteiger partial charge in [-0.1, -0.05) is 11.6 Å². The SMILES string of the molecule is Cn1nc(Cn2c(=O)ccn2-c2cnccn2)cc1Cl. The van der Waals surface area contributed by atoms with Crippen LogP contribution in [-0.2, 0) is 13.6 Å². The molecule has 0 N–H and O–H groups in total. The molecule has 20 heavy (non-hydrogen) atoms. The molecular weight excluding hydrogens is 280 g/mol. The minimum absolute atomic E-state index is 0.141. The summed E-state index contributed by atoms with van der Waals surface area (Å²) in [5.74, 6) is 0.566. The average Bonchev–Trinajstić information content (AvgIpc) is 2.96. The monoisotopic (exact) mass is 290 g/mol. The normalized spacial score (nSPS) is 10.9. The van der Waals surface area contributed by atoms with Crippen molar-refractivity contribution in [2.45, 2.75) is 6.54 Å². The van der Waals surface area contributed by atoms with Gasteiger partial charge in [0.25, 0.3) is 5.56 Å². The van der Waals surface area contributed by atoms with Gasteiger partial charge in [-0.2, -0.15) is 5.10 Å². The van der Waals surface area contributed by atoms with Crippen molar-refractivity contribution >= 4 is 11.6 Å². The van der Waals surface area contributed by atoms with Crippen molar-refractivity contribution < 1.29 is 0 Å². The van der Waals surface area contributed by atoms with Crippen LogP contribution in [0.3, 0.4) is 0 Å². The lowest BCUT2D eigenvalue weighted by Gasteiger charge is -2.08. The number of hydrogen-bond donors (Lipinski definition) is 0. The lowest BCUT2D eigenvalue weighted by molar-refractivity contribution is 0.562. The summed E-state index contributed by atoms with van der Waals surface area (Å²) in [6, 6.07) is 3.20. The van der Waals surface area contributed by atoms with Crippen LogP contribution < -0.4 is 5.56 Å². The number of aryl methyl sites for hydroxylation is 1. The third kappa shape index (κ3) is 2.23. The molecule has 3 heterocycles. The van der Waals surface area contributed by atoms with E-state index in [0.717, 1.165) is 0 Å². The maximum atomic E-state index is 11.9. The van der Waals surface area contributed by atoms with Crippen molar-refractivity contribution in [1.29, 1.82) is 0 Å². The summed E-state index contributed by atoms with van der Waals surface area (Å²) in [4.78, 5) is 20.1. The van der Waals surface area contributed by atoms with Crippen LogP contribution in [-0.4, -0.2) is 29.1 Å². The van der Waals surface area contributed by atoms with Crippen LogP contribution in [0.15, 0.2) is 41.7 Å². The molecule has 0 aromatic carbocycles. The zero-order chi connectivity index (χ0) is 14.1. The zero-order valence-corrected chi connectivity index (χ0v) is 11.4. The first-order chi connectivity index (χ1) is 9.65. The maximum absolute atomic E-state index is 11.9. The van der Waals surface area contributed by atoms with Crippen molar-refractivity contribution in [3.05, 3.63) is 58.1 Å². The minimum Gasteiger partial charge on any atom is -0.268 e. The van der Waals surface area contributed by atoms with E-state index in [9.17, 15) is 4.79 Å². The highest BCUT2D eigenvalue weighted by molar-refractivity contribution is 6.29. The molecule has 3 aromatic heterocycles. The van der Waals surface area contributed by atoms with Gasteiger partial charge in [-0.25, -0.2) is 14.3 Å². The van der Waals surface area contributed by atoms with E-state index in [1.165, 1.54) is 10.7 Å². The lowest BCUT2D eigenvalue weighted by atomic mass is 10.4. The lowest BCUT2D eigenvalue weighted by Crippen LogP contribution is -2.23. The van der Waals surface area contributed by atoms with Gasteiger partial charge in [-0.3, -0.25) is 14.5 Å². The highest BCUT2D eigenvalue weighted by Crippen LogP contribution is 2.10. The molecule has 0 aliphatic carbocycles. The quantitative estimate of drug-likeness (QED) is 0.717. The van der Waals surface area contributed by atoms with E-state index in [2.05, 4.69) is 15.1 Å². The van der Waals surface area contributed by atoms with Gasteiger partial charge in [-0.15, -0.1) is 0 Å². The molecule has 0 spiro atoms. The van der Waals surface area contributed by atoms with E-state index in [0.29, 0.717) is 23.2 Å². The van der Waals surface area contributed by atoms with Gasteiger partial charge in [0.05, 0.1) is 18.4 Å². The molecule has 0 radical (unpaired) electrons. The molecule has 0 unspecified atom stereocenters. The van der Waals surface area contributed by atoms with Gasteiger partial charge < -0.3 is 0 Å². The Morgan fingerprint density at radius 1 is 1.35 bits per heavy atom. The van der Waals surface area contributed by atoms with Crippen molar-refractivity contribution in [2.24, 2.45) is 7.05 Å². The molecule has 0 fully saturated rings. The Bertz CT molecular complexity index is 768. The number of rotatable bonds is 3. The van der Waals surface area contributed by atoms with Gasteiger partial charge in [0.15, 0.2) is 5.82 Å². The predicted octanol–water partition coefficient (Wildman–Crippen LogP) is 0.864. The second-order valence-electron chi connectivity index (χ2n) is 4.20. The van der Waals surface area contributed by atoms with E-state index < -0.39 is 0 Å². The van der Waals surface area contributed by atoms with Crippen molar-refractivity contribution in [1.82, 2.24) is 29.1 Å². The molecule has 0 aliphatic heterocycles. The zero-order valence-electron chi connectivity index (χ0n) is 10.6. The minimum atomic E-state index is -0.141. The van der Waals surface area contributed by atoms with Crippen LogP contribution in [0.2, 0.25) is 5.15 Å². The Morgan fingerprint density at radius 2 is 2.20 bits per heavy atom. The molecule has 0 aliphatic rings. The highest BCUT2D eigenvalue weighted by Gasteiger charge is 2.10. The van der Waals surface area contributed by atoms with Crippen LogP contribution in [0, 0.1) is 0 Å². The third-order valence-corrected chi connectivity index (χ3v) is 3.20. The molecule has 3 rings (SSSR count). The summed E-state index contributed by atoms with van der Waals surface area (Å²) < 4.78 is 4.71. The smallest absolute Gasteiger partial charge is 0.267 e. The Morgan fingerprint density at radius 3 is 2.85 bits per heavy atom. The van der Waals surface area contributed by atoms with Crippen LogP contribution in [0.25, 0.3) is 5.82 Å². The third-order valence-electron chi connectivity index (χ3n) is 2.84. The summed E-state index contributed by atoms with van der Waals surface area (Å²) in [6.45, 7) is 0.308. The summed E-state index contributed by atoms with van der Waals surface area (Å²) in [5.41, 5.74) is 0.556. The first-order valence-electron chi connectivity index (χ1n) is 5.88. The standard InChI is InChI=1S/C12H11ClN6O/c1-17-10(13)6-9(16-17)8-19-12(20)2-5-18(19)11-7-14-3-4-15-11/h2-7H,8H2,1H3. The van der Waals surface area contributed by atoms with Crippen LogP contribution in [0.1, 0.15) is 5.69 Å². The topological polar surface area (TPSA) is 70.5 Å². The largest absolute Gasteiger partial charge is 0.268 e. The van der Waals surface area contributed by atoms with E-state index in [1.54, 1.807) is 47.3 Å². The molecule has 3 aromatic rings. The van der Waals surface area contributed by atoms with Crippen LogP contribution in [0.5, 0.6) is 0 Å². The van der Waals surface area contributed by atoms with Crippen molar-refractivity contribution in [2.75, 3.05) is 0 Å². The Labute approximate surface area is 119 Å². The molecule has 7 nitrogen and oxygen atoms in total. The summed E-state index contributed by atoms with van der Waals surface area (Å²) in [6.07, 6.45) is 6.38. The van der Waals surface area contributed by atoms with E-state index in [4.69, 9.17) is 11.6 Å². The summed E-state index contributed by atoms with van der Waals surface area (Å²) in [5, 5.41) is 4.76. The highest BCUT2D eigenvalue weighted by atomic mass is 35.5. The van der Waals surface area contributed by atoms with Crippen molar-refractivity contribution in [3.63, 3.8) is 0 Å². The van der Waals surface area contributed by atoms with Gasteiger partial charge in [0, 0.05) is 37.8 Å². The Kier molecular flexibility index (Phi) is 3.11. The molecule has 0 atom stereocenters. The average molecular weight is 291 g/mol. The summed E-state index contributed by atoms with van der Waals surface area (Å²) in [7, 11) is 1.75. The Hall–Kier alpha value is -2.41. The van der Waals surface area contributed by atoms with E-state index in [1.807, 2.05) is 0 Å². The predicted molar refractivity (Wildman–Crippen MR) is 72.9 cm³/mol. The second kappa shape index (κ2) is 4.93. The molecule has 8 heteroatoms. The first-order valence-corrected chi connectivity index (χ1v) is 6.26. The van der Waals surface area contributed by atoms with Gasteiger partial charge in [0.1, 0.15) is 5.15 Å². The van der Waals surface area contributed by atoms with E-state index in [-0.39, 0.29) is 5.56 Å². The second-order valence-corrected chi connectivity index (χ2v) is 4.59. The maximum Gasteiger partial charge on any atom is 0.267 e. The number of aromatic nitrogens is 6. The van der Waals surface area contributed by atoms with Gasteiger partial charge in [-0.05, 0) is 0 Å². The molecule has 102 valence electrons. The summed E-state index contributed by atoms with van der Waals surface area (Å²) >= 11 is 5.95. The molecule has 0 amide bonds. The van der Waals surface area contributed by atoms with E-state index >= 15 is 0 Å². The molecule has 0 bridgehead atoms. The molecular formula is C12H11ClN6O. The first kappa shape index (κ1) is 12.6. The van der Waals surface area contributed by atoms with Gasteiger partial charge in [0.2, 0.25) is 0 Å². The molecule has 0 saturated carbocycles. The van der Waals surface area contributed by atoms with Crippen LogP contribution in [0.4, 0.5) is 0 Å². The van der Waals surface area contributed by atoms with Crippen molar-refractivity contribution in [3.8, 4) is 5.82 Å². The molecule has 0 saturated heterocycles. The number of hydrogen-bond acceptors (Lipinski definition) is 4. The fraction of sp³-hybridized carbons (Fsp3) is 0.167.